The summed E-state index contributed by atoms with van der Waals surface area (Å²) < 4.78 is 15.3. The first-order valence-corrected chi connectivity index (χ1v) is 11.9. The topological polar surface area (TPSA) is 50.2 Å². The van der Waals surface area contributed by atoms with Gasteiger partial charge in [0.25, 0.3) is 0 Å². The number of benzene rings is 2. The summed E-state index contributed by atoms with van der Waals surface area (Å²) in [4.78, 5) is 14.1. The second kappa shape index (κ2) is 8.75. The van der Waals surface area contributed by atoms with Gasteiger partial charge in [0.15, 0.2) is 0 Å². The molecule has 34 heavy (non-hydrogen) atoms. The third-order valence-electron chi connectivity index (χ3n) is 7.65. The number of fused-ring (bicyclic) bond motifs is 2. The maximum absolute atomic E-state index is 13.4. The average molecular weight is 459 g/mol. The Hall–Kier alpha value is -3.41. The van der Waals surface area contributed by atoms with Crippen molar-refractivity contribution in [3.05, 3.63) is 89.0 Å². The first-order valence-electron chi connectivity index (χ1n) is 11.9. The van der Waals surface area contributed by atoms with Crippen molar-refractivity contribution in [1.29, 1.82) is 0 Å². The van der Waals surface area contributed by atoms with Crippen LogP contribution in [0, 0.1) is 17.2 Å². The van der Waals surface area contributed by atoms with E-state index < -0.39 is 0 Å². The highest BCUT2D eigenvalue weighted by molar-refractivity contribution is 5.74. The van der Waals surface area contributed by atoms with Crippen molar-refractivity contribution in [3.63, 3.8) is 0 Å². The molecule has 0 bridgehead atoms. The fourth-order valence-corrected chi connectivity index (χ4v) is 5.63. The SMILES string of the molecule is CN(C)C(=O)NC(C[C@H]1CCC2=Cc3c(cnn3-c3ccc(F)cc3)C[C@@]21C)c1ccccc1. The summed E-state index contributed by atoms with van der Waals surface area (Å²) in [5, 5.41) is 7.88. The molecule has 1 unspecified atom stereocenters. The second-order valence-electron chi connectivity index (χ2n) is 9.99. The summed E-state index contributed by atoms with van der Waals surface area (Å²) in [5.74, 6) is 0.192. The van der Waals surface area contributed by atoms with Crippen molar-refractivity contribution >= 4 is 12.1 Å². The Labute approximate surface area is 200 Å². The van der Waals surface area contributed by atoms with Gasteiger partial charge in [-0.25, -0.2) is 13.9 Å². The number of amides is 2. The van der Waals surface area contributed by atoms with E-state index >= 15 is 0 Å². The molecular formula is C28H31FN4O. The lowest BCUT2D eigenvalue weighted by Gasteiger charge is -2.38. The van der Waals surface area contributed by atoms with Crippen LogP contribution in [0.3, 0.4) is 0 Å². The molecule has 1 saturated carbocycles. The number of urea groups is 1. The lowest BCUT2D eigenvalue weighted by atomic mass is 9.68. The Morgan fingerprint density at radius 2 is 1.94 bits per heavy atom. The number of nitrogens with zero attached hydrogens (tertiary/aromatic N) is 3. The maximum atomic E-state index is 13.4. The van der Waals surface area contributed by atoms with Gasteiger partial charge in [-0.3, -0.25) is 0 Å². The van der Waals surface area contributed by atoms with Crippen molar-refractivity contribution < 1.29 is 9.18 Å². The first kappa shape index (κ1) is 22.4. The Morgan fingerprint density at radius 3 is 2.65 bits per heavy atom. The predicted octanol–water partition coefficient (Wildman–Crippen LogP) is 5.77. The number of carbonyl (C=O) groups excluding carboxylic acids is 1. The Kier molecular flexibility index (Phi) is 5.76. The van der Waals surface area contributed by atoms with Crippen LogP contribution in [-0.2, 0) is 6.42 Å². The van der Waals surface area contributed by atoms with E-state index in [1.54, 1.807) is 31.1 Å². The van der Waals surface area contributed by atoms with Gasteiger partial charge in [0.2, 0.25) is 0 Å². The molecule has 5 nitrogen and oxygen atoms in total. The molecule has 6 heteroatoms. The molecule has 2 aliphatic carbocycles. The Bertz CT molecular complexity index is 1210. The number of halogens is 1. The van der Waals surface area contributed by atoms with Gasteiger partial charge in [-0.1, -0.05) is 42.8 Å². The van der Waals surface area contributed by atoms with Crippen LogP contribution in [0.2, 0.25) is 0 Å². The molecule has 1 aromatic heterocycles. The molecule has 3 aromatic rings. The molecule has 176 valence electrons. The number of hydrogen-bond acceptors (Lipinski definition) is 2. The number of aromatic nitrogens is 2. The van der Waals surface area contributed by atoms with Crippen molar-refractivity contribution in [1.82, 2.24) is 20.0 Å². The molecule has 1 heterocycles. The zero-order chi connectivity index (χ0) is 23.9. The van der Waals surface area contributed by atoms with Gasteiger partial charge >= 0.3 is 6.03 Å². The van der Waals surface area contributed by atoms with Crippen LogP contribution in [0.5, 0.6) is 0 Å². The lowest BCUT2D eigenvalue weighted by molar-refractivity contribution is 0.199. The molecule has 2 aromatic carbocycles. The largest absolute Gasteiger partial charge is 0.331 e. The van der Waals surface area contributed by atoms with Gasteiger partial charge in [-0.05, 0) is 78.5 Å². The third-order valence-corrected chi connectivity index (χ3v) is 7.65. The molecule has 0 radical (unpaired) electrons. The highest BCUT2D eigenvalue weighted by Gasteiger charge is 2.46. The third kappa shape index (κ3) is 4.02. The monoisotopic (exact) mass is 458 g/mol. The minimum absolute atomic E-state index is 0.0273. The lowest BCUT2D eigenvalue weighted by Crippen LogP contribution is -2.39. The maximum Gasteiger partial charge on any atom is 0.317 e. The summed E-state index contributed by atoms with van der Waals surface area (Å²) in [6.07, 6.45) is 8.19. The van der Waals surface area contributed by atoms with Crippen LogP contribution in [0.4, 0.5) is 9.18 Å². The first-order chi connectivity index (χ1) is 16.3. The van der Waals surface area contributed by atoms with E-state index in [2.05, 4.69) is 35.5 Å². The van der Waals surface area contributed by atoms with E-state index in [9.17, 15) is 9.18 Å². The molecule has 0 spiro atoms. The van der Waals surface area contributed by atoms with E-state index in [-0.39, 0.29) is 23.3 Å². The summed E-state index contributed by atoms with van der Waals surface area (Å²) >= 11 is 0. The quantitative estimate of drug-likeness (QED) is 0.528. The summed E-state index contributed by atoms with van der Waals surface area (Å²) in [6.45, 7) is 2.37. The molecule has 1 N–H and O–H groups in total. The minimum atomic E-state index is -0.247. The molecule has 1 fully saturated rings. The number of nitrogens with one attached hydrogen (secondary N) is 1. The average Bonchev–Trinajstić information content (AvgIpc) is 3.37. The second-order valence-corrected chi connectivity index (χ2v) is 9.99. The summed E-state index contributed by atoms with van der Waals surface area (Å²) in [5.41, 5.74) is 5.79. The highest BCUT2D eigenvalue weighted by atomic mass is 19.1. The fourth-order valence-electron chi connectivity index (χ4n) is 5.63. The Balaban J connectivity index is 1.42. The van der Waals surface area contributed by atoms with E-state index in [0.29, 0.717) is 5.92 Å². The zero-order valence-corrected chi connectivity index (χ0v) is 20.0. The van der Waals surface area contributed by atoms with E-state index in [1.807, 2.05) is 29.1 Å². The van der Waals surface area contributed by atoms with Crippen molar-refractivity contribution in [2.24, 2.45) is 11.3 Å². The van der Waals surface area contributed by atoms with Crippen LogP contribution in [0.25, 0.3) is 11.8 Å². The van der Waals surface area contributed by atoms with Gasteiger partial charge in [-0.15, -0.1) is 0 Å². The molecule has 2 aliphatic rings. The van der Waals surface area contributed by atoms with Gasteiger partial charge in [0.1, 0.15) is 5.82 Å². The van der Waals surface area contributed by atoms with Gasteiger partial charge in [0, 0.05) is 14.1 Å². The summed E-state index contributed by atoms with van der Waals surface area (Å²) in [7, 11) is 3.55. The highest BCUT2D eigenvalue weighted by Crippen LogP contribution is 2.55. The molecule has 0 saturated heterocycles. The van der Waals surface area contributed by atoms with Crippen molar-refractivity contribution in [2.45, 2.75) is 38.6 Å². The summed E-state index contributed by atoms with van der Waals surface area (Å²) in [6, 6.07) is 16.6. The van der Waals surface area contributed by atoms with Crippen molar-refractivity contribution in [3.8, 4) is 5.69 Å². The van der Waals surface area contributed by atoms with Crippen LogP contribution in [0.1, 0.15) is 49.0 Å². The molecule has 3 atom stereocenters. The number of hydrogen-bond donors (Lipinski definition) is 1. The molecule has 2 amide bonds. The van der Waals surface area contributed by atoms with Gasteiger partial charge in [0.05, 0.1) is 23.6 Å². The van der Waals surface area contributed by atoms with Crippen LogP contribution in [-0.4, -0.2) is 34.8 Å². The van der Waals surface area contributed by atoms with Gasteiger partial charge in [-0.2, -0.15) is 5.10 Å². The standard InChI is InChI=1S/C28H31FN4O/c1-28-17-20-18-30-33(24-13-11-23(29)12-14-24)26(20)16-22(28)10-9-21(28)15-25(31-27(34)32(2)3)19-7-5-4-6-8-19/h4-8,11-14,16,18,21,25H,9-10,15,17H2,1-3H3,(H,31,34)/t21-,25?,28-/m1/s1. The van der Waals surface area contributed by atoms with Crippen LogP contribution >= 0.6 is 0 Å². The van der Waals surface area contributed by atoms with E-state index in [1.165, 1.54) is 23.3 Å². The molecule has 0 aliphatic heterocycles. The number of carbonyl (C=O) groups is 1. The smallest absolute Gasteiger partial charge is 0.317 e. The van der Waals surface area contributed by atoms with Crippen LogP contribution < -0.4 is 5.32 Å². The number of allylic oxidation sites excluding steroid dienone is 1. The normalized spacial score (nSPS) is 21.9. The van der Waals surface area contributed by atoms with Crippen molar-refractivity contribution in [2.75, 3.05) is 14.1 Å². The molecular weight excluding hydrogens is 427 g/mol. The van der Waals surface area contributed by atoms with Crippen LogP contribution in [0.15, 0.2) is 66.4 Å². The van der Waals surface area contributed by atoms with Gasteiger partial charge < -0.3 is 10.2 Å². The zero-order valence-electron chi connectivity index (χ0n) is 20.0. The fraction of sp³-hybridized carbons (Fsp3) is 0.357. The molecule has 5 rings (SSSR count). The Morgan fingerprint density at radius 1 is 1.21 bits per heavy atom. The minimum Gasteiger partial charge on any atom is -0.331 e. The van der Waals surface area contributed by atoms with E-state index in [4.69, 9.17) is 0 Å². The van der Waals surface area contributed by atoms with E-state index in [0.717, 1.165) is 42.6 Å². The predicted molar refractivity (Wildman–Crippen MR) is 132 cm³/mol. The number of rotatable bonds is 5.